The van der Waals surface area contributed by atoms with Gasteiger partial charge >= 0.3 is 0 Å². The van der Waals surface area contributed by atoms with Crippen LogP contribution in [0.3, 0.4) is 0 Å². The normalized spacial score (nSPS) is 12.4. The number of benzene rings is 4. The Balaban J connectivity index is 1.32. The van der Waals surface area contributed by atoms with Crippen molar-refractivity contribution in [1.29, 1.82) is 0 Å². The van der Waals surface area contributed by atoms with Gasteiger partial charge in [0.1, 0.15) is 0 Å². The zero-order valence-electron chi connectivity index (χ0n) is 18.9. The first-order chi connectivity index (χ1) is 17.8. The van der Waals surface area contributed by atoms with E-state index in [1.807, 2.05) is 12.1 Å². The minimum Gasteiger partial charge on any atom is -0.322 e. The average Bonchev–Trinajstić information content (AvgIpc) is 3.15. The summed E-state index contributed by atoms with van der Waals surface area (Å²) in [7, 11) is 0. The molecule has 37 heavy (non-hydrogen) atoms. The number of halogens is 1. The molecule has 4 aromatic rings. The molecule has 0 aliphatic carbocycles. The topological polar surface area (TPSA) is 110 Å². The number of amides is 3. The predicted molar refractivity (Wildman–Crippen MR) is 148 cm³/mol. The van der Waals surface area contributed by atoms with Crippen LogP contribution in [0.2, 0.25) is 0 Å². The largest absolute Gasteiger partial charge is 0.322 e. The van der Waals surface area contributed by atoms with Gasteiger partial charge in [0.2, 0.25) is 0 Å². The highest BCUT2D eigenvalue weighted by Gasteiger charge is 2.37. The number of nitro groups is 1. The van der Waals surface area contributed by atoms with Gasteiger partial charge in [0, 0.05) is 36.7 Å². The molecule has 1 aliphatic heterocycles. The third-order valence-electron chi connectivity index (χ3n) is 5.63. The molecule has 1 heterocycles. The standard InChI is InChI=1S/C27H16IN3O5S/c28-17-2-4-18(5-3-17)29-25(32)16-1-14-23-24(15-16)27(34)30(26(23)33)19-6-10-21(11-7-19)37-22-12-8-20(9-13-22)31(35)36/h1-15H,(H,29,32). The summed E-state index contributed by atoms with van der Waals surface area (Å²) in [5, 5.41) is 13.6. The van der Waals surface area contributed by atoms with Crippen molar-refractivity contribution in [2.24, 2.45) is 0 Å². The van der Waals surface area contributed by atoms with E-state index >= 15 is 0 Å². The second-order valence-corrected chi connectivity index (χ2v) is 10.4. The quantitative estimate of drug-likeness (QED) is 0.116. The van der Waals surface area contributed by atoms with Crippen LogP contribution in [0.1, 0.15) is 31.1 Å². The van der Waals surface area contributed by atoms with Gasteiger partial charge in [0.15, 0.2) is 0 Å². The molecule has 1 N–H and O–H groups in total. The van der Waals surface area contributed by atoms with Gasteiger partial charge in [-0.25, -0.2) is 4.90 Å². The van der Waals surface area contributed by atoms with Gasteiger partial charge < -0.3 is 5.32 Å². The van der Waals surface area contributed by atoms with E-state index in [-0.39, 0.29) is 28.3 Å². The van der Waals surface area contributed by atoms with Crippen LogP contribution in [-0.2, 0) is 0 Å². The van der Waals surface area contributed by atoms with E-state index in [2.05, 4.69) is 27.9 Å². The molecule has 0 radical (unpaired) electrons. The van der Waals surface area contributed by atoms with Crippen molar-refractivity contribution in [3.63, 3.8) is 0 Å². The number of non-ortho nitro benzene ring substituents is 1. The Bertz CT molecular complexity index is 1550. The van der Waals surface area contributed by atoms with Crippen molar-refractivity contribution < 1.29 is 19.3 Å². The third kappa shape index (κ3) is 5.11. The Kier molecular flexibility index (Phi) is 6.76. The van der Waals surface area contributed by atoms with E-state index in [1.165, 1.54) is 42.1 Å². The van der Waals surface area contributed by atoms with Gasteiger partial charge in [-0.15, -0.1) is 0 Å². The number of nitro benzene ring substituents is 1. The van der Waals surface area contributed by atoms with Gasteiger partial charge in [-0.1, -0.05) is 11.8 Å². The number of imide groups is 1. The molecule has 4 aromatic carbocycles. The molecule has 0 atom stereocenters. The van der Waals surface area contributed by atoms with Crippen molar-refractivity contribution in [1.82, 2.24) is 0 Å². The molecule has 8 nitrogen and oxygen atoms in total. The van der Waals surface area contributed by atoms with E-state index in [0.717, 1.165) is 18.3 Å². The second kappa shape index (κ2) is 10.1. The number of hydrogen-bond acceptors (Lipinski definition) is 6. The van der Waals surface area contributed by atoms with Crippen molar-refractivity contribution in [2.75, 3.05) is 10.2 Å². The number of carbonyl (C=O) groups excluding carboxylic acids is 3. The van der Waals surface area contributed by atoms with Crippen LogP contribution in [0.15, 0.2) is 101 Å². The Morgan fingerprint density at radius 3 is 2.03 bits per heavy atom. The lowest BCUT2D eigenvalue weighted by Crippen LogP contribution is -2.29. The molecule has 0 saturated carbocycles. The number of nitrogens with one attached hydrogen (secondary N) is 1. The fraction of sp³-hybridized carbons (Fsp3) is 0. The first kappa shape index (κ1) is 24.7. The first-order valence-corrected chi connectivity index (χ1v) is 12.8. The summed E-state index contributed by atoms with van der Waals surface area (Å²) in [6.07, 6.45) is 0. The first-order valence-electron chi connectivity index (χ1n) is 10.9. The van der Waals surface area contributed by atoms with Crippen LogP contribution < -0.4 is 10.2 Å². The number of hydrogen-bond donors (Lipinski definition) is 1. The van der Waals surface area contributed by atoms with Crippen molar-refractivity contribution >= 4 is 69.1 Å². The second-order valence-electron chi connectivity index (χ2n) is 8.01. The van der Waals surface area contributed by atoms with Gasteiger partial charge in [0.05, 0.1) is 21.7 Å². The van der Waals surface area contributed by atoms with Gasteiger partial charge in [-0.05, 0) is 101 Å². The Labute approximate surface area is 229 Å². The SMILES string of the molecule is O=C(Nc1ccc(I)cc1)c1ccc2c(c1)C(=O)N(c1ccc(Sc3ccc([N+](=O)[O-])cc3)cc1)C2=O. The van der Waals surface area contributed by atoms with Crippen LogP contribution >= 0.6 is 34.4 Å². The molecule has 0 fully saturated rings. The minimum atomic E-state index is -0.500. The summed E-state index contributed by atoms with van der Waals surface area (Å²) < 4.78 is 1.04. The number of carbonyl (C=O) groups is 3. The van der Waals surface area contributed by atoms with Gasteiger partial charge in [0.25, 0.3) is 23.4 Å². The van der Waals surface area contributed by atoms with Crippen LogP contribution in [0.5, 0.6) is 0 Å². The van der Waals surface area contributed by atoms with Gasteiger partial charge in [-0.3, -0.25) is 24.5 Å². The summed E-state index contributed by atoms with van der Waals surface area (Å²) >= 11 is 3.57. The van der Waals surface area contributed by atoms with Crippen molar-refractivity contribution in [2.45, 2.75) is 9.79 Å². The lowest BCUT2D eigenvalue weighted by atomic mass is 10.1. The summed E-state index contributed by atoms with van der Waals surface area (Å²) in [5.74, 6) is -1.34. The lowest BCUT2D eigenvalue weighted by molar-refractivity contribution is -0.384. The molecular weight excluding hydrogens is 605 g/mol. The maximum atomic E-state index is 13.2. The molecule has 182 valence electrons. The van der Waals surface area contributed by atoms with E-state index in [0.29, 0.717) is 11.4 Å². The monoisotopic (exact) mass is 621 g/mol. The van der Waals surface area contributed by atoms with Crippen LogP contribution in [0.25, 0.3) is 0 Å². The van der Waals surface area contributed by atoms with Crippen molar-refractivity contribution in [3.8, 4) is 0 Å². The maximum absolute atomic E-state index is 13.2. The lowest BCUT2D eigenvalue weighted by Gasteiger charge is -2.14. The number of anilines is 2. The molecule has 0 unspecified atom stereocenters. The minimum absolute atomic E-state index is 0.0146. The molecule has 0 spiro atoms. The molecular formula is C27H16IN3O5S. The Morgan fingerprint density at radius 2 is 1.41 bits per heavy atom. The van der Waals surface area contributed by atoms with Gasteiger partial charge in [-0.2, -0.15) is 0 Å². The van der Waals surface area contributed by atoms with E-state index in [1.54, 1.807) is 48.5 Å². The fourth-order valence-corrected chi connectivity index (χ4v) is 4.96. The summed E-state index contributed by atoms with van der Waals surface area (Å²) in [6, 6.07) is 24.8. The molecule has 3 amide bonds. The van der Waals surface area contributed by atoms with Crippen molar-refractivity contribution in [3.05, 3.63) is 121 Å². The van der Waals surface area contributed by atoms with E-state index in [4.69, 9.17) is 0 Å². The van der Waals surface area contributed by atoms with Crippen LogP contribution in [0, 0.1) is 13.7 Å². The number of nitrogens with zero attached hydrogens (tertiary/aromatic N) is 2. The highest BCUT2D eigenvalue weighted by molar-refractivity contribution is 14.1. The highest BCUT2D eigenvalue weighted by Crippen LogP contribution is 2.33. The molecule has 10 heteroatoms. The predicted octanol–water partition coefficient (Wildman–Crippen LogP) is 6.40. The number of fused-ring (bicyclic) bond motifs is 1. The molecule has 1 aliphatic rings. The fourth-order valence-electron chi connectivity index (χ4n) is 3.79. The van der Waals surface area contributed by atoms with Crippen LogP contribution in [-0.4, -0.2) is 22.6 Å². The molecule has 0 saturated heterocycles. The zero-order valence-corrected chi connectivity index (χ0v) is 21.9. The van der Waals surface area contributed by atoms with E-state index < -0.39 is 16.7 Å². The van der Waals surface area contributed by atoms with Crippen LogP contribution in [0.4, 0.5) is 17.1 Å². The van der Waals surface area contributed by atoms with E-state index in [9.17, 15) is 24.5 Å². The summed E-state index contributed by atoms with van der Waals surface area (Å²) in [5.41, 5.74) is 1.73. The zero-order chi connectivity index (χ0) is 26.1. The average molecular weight is 621 g/mol. The maximum Gasteiger partial charge on any atom is 0.269 e. The highest BCUT2D eigenvalue weighted by atomic mass is 127. The summed E-state index contributed by atoms with van der Waals surface area (Å²) in [6.45, 7) is 0. The molecule has 5 rings (SSSR count). The Morgan fingerprint density at radius 1 is 0.811 bits per heavy atom. The smallest absolute Gasteiger partial charge is 0.269 e. The molecule has 0 bridgehead atoms. The Hall–Kier alpha value is -4.03. The third-order valence-corrected chi connectivity index (χ3v) is 7.36. The summed E-state index contributed by atoms with van der Waals surface area (Å²) in [4.78, 5) is 52.0. The number of rotatable bonds is 6. The molecule has 0 aromatic heterocycles.